The summed E-state index contributed by atoms with van der Waals surface area (Å²) >= 11 is 0. The van der Waals surface area contributed by atoms with E-state index in [-0.39, 0.29) is 11.6 Å². The van der Waals surface area contributed by atoms with Crippen molar-refractivity contribution in [3.8, 4) is 11.5 Å². The van der Waals surface area contributed by atoms with Crippen molar-refractivity contribution in [2.24, 2.45) is 0 Å². The van der Waals surface area contributed by atoms with E-state index >= 15 is 0 Å². The SMILES string of the molecule is COc1ccc(C(OCC2OC(n3cc(C)c(=O)[nH]c3=O)CC2O[Si](c2ccccc2)(c2ccccc2)C(C)(C)C)(c2ccccc2)c2ccc(OC)cc2)cc1. The molecular formula is C47H50N2O7Si. The third kappa shape index (κ3) is 7.66. The first-order chi connectivity index (χ1) is 27.5. The van der Waals surface area contributed by atoms with Crippen molar-refractivity contribution in [3.05, 3.63) is 189 Å². The van der Waals surface area contributed by atoms with E-state index < -0.39 is 43.6 Å². The third-order valence-electron chi connectivity index (χ3n) is 11.0. The second-order valence-electron chi connectivity index (χ2n) is 15.5. The van der Waals surface area contributed by atoms with Crippen LogP contribution in [0.2, 0.25) is 5.04 Å². The van der Waals surface area contributed by atoms with Crippen molar-refractivity contribution in [2.75, 3.05) is 20.8 Å². The standard InChI is InChI=1S/C47H50N2O7Si/c1-33-31-49(45(51)48-44(33)50)43-30-41(56-57(46(2,3)4,39-18-12-8-13-19-39)40-20-14-9-15-21-40)42(55-43)32-54-47(34-16-10-7-11-17-34,35-22-26-37(52-5)27-23-35)36-24-28-38(53-6)29-25-36/h7-29,31,41-43H,30,32H2,1-6H3,(H,48,50,51). The number of nitrogens with one attached hydrogen (secondary N) is 1. The summed E-state index contributed by atoms with van der Waals surface area (Å²) in [6.45, 7) is 8.48. The lowest BCUT2D eigenvalue weighted by molar-refractivity contribution is -0.0925. The first-order valence-electron chi connectivity index (χ1n) is 19.2. The molecule has 0 bridgehead atoms. The molecule has 1 aliphatic heterocycles. The minimum atomic E-state index is -3.12. The maximum atomic E-state index is 13.4. The first-order valence-corrected chi connectivity index (χ1v) is 21.2. The molecule has 0 radical (unpaired) electrons. The van der Waals surface area contributed by atoms with Crippen LogP contribution in [0.5, 0.6) is 11.5 Å². The zero-order valence-electron chi connectivity index (χ0n) is 33.3. The quantitative estimate of drug-likeness (QED) is 0.0986. The number of aryl methyl sites for hydroxylation is 1. The molecule has 7 rings (SSSR count). The Hall–Kier alpha value is -5.52. The molecule has 1 aliphatic rings. The van der Waals surface area contributed by atoms with Gasteiger partial charge < -0.3 is 23.4 Å². The highest BCUT2D eigenvalue weighted by Gasteiger charge is 2.54. The van der Waals surface area contributed by atoms with E-state index in [1.54, 1.807) is 27.3 Å². The fraction of sp³-hybridized carbons (Fsp3) is 0.277. The van der Waals surface area contributed by atoms with Crippen LogP contribution in [0, 0.1) is 6.92 Å². The molecule has 3 unspecified atom stereocenters. The van der Waals surface area contributed by atoms with Gasteiger partial charge in [0.2, 0.25) is 0 Å². The van der Waals surface area contributed by atoms with Crippen molar-refractivity contribution >= 4 is 18.7 Å². The second-order valence-corrected chi connectivity index (χ2v) is 19.7. The summed E-state index contributed by atoms with van der Waals surface area (Å²) in [5, 5.41) is 1.92. The topological polar surface area (TPSA) is 101 Å². The van der Waals surface area contributed by atoms with E-state index in [0.717, 1.165) is 38.6 Å². The van der Waals surface area contributed by atoms with Gasteiger partial charge in [0.05, 0.1) is 26.9 Å². The first kappa shape index (κ1) is 39.7. The van der Waals surface area contributed by atoms with Crippen LogP contribution >= 0.6 is 0 Å². The monoisotopic (exact) mass is 782 g/mol. The fourth-order valence-corrected chi connectivity index (χ4v) is 12.9. The Bertz CT molecular complexity index is 2270. The number of benzene rings is 5. The van der Waals surface area contributed by atoms with E-state index in [1.165, 1.54) is 4.57 Å². The highest BCUT2D eigenvalue weighted by atomic mass is 28.4. The largest absolute Gasteiger partial charge is 0.497 e. The average molecular weight is 783 g/mol. The molecule has 1 fully saturated rings. The molecule has 0 spiro atoms. The summed E-state index contributed by atoms with van der Waals surface area (Å²) in [5.74, 6) is 1.44. The fourth-order valence-electron chi connectivity index (χ4n) is 8.15. The van der Waals surface area contributed by atoms with Crippen molar-refractivity contribution < 1.29 is 23.4 Å². The van der Waals surface area contributed by atoms with Crippen molar-refractivity contribution in [2.45, 2.75) is 63.2 Å². The number of aromatic nitrogens is 2. The van der Waals surface area contributed by atoms with Crippen LogP contribution in [-0.2, 0) is 19.5 Å². The van der Waals surface area contributed by atoms with Gasteiger partial charge in [0.25, 0.3) is 13.9 Å². The zero-order valence-corrected chi connectivity index (χ0v) is 34.3. The predicted octanol–water partition coefficient (Wildman–Crippen LogP) is 7.10. The van der Waals surface area contributed by atoms with Crippen LogP contribution < -0.4 is 31.1 Å². The lowest BCUT2D eigenvalue weighted by Crippen LogP contribution is -2.68. The molecule has 9 nitrogen and oxygen atoms in total. The molecule has 10 heteroatoms. The number of nitrogens with zero attached hydrogens (tertiary/aromatic N) is 1. The summed E-state index contributed by atoms with van der Waals surface area (Å²) in [6.07, 6.45) is -0.000360. The van der Waals surface area contributed by atoms with Gasteiger partial charge in [0.1, 0.15) is 29.4 Å². The zero-order chi connectivity index (χ0) is 40.2. The smallest absolute Gasteiger partial charge is 0.330 e. The summed E-state index contributed by atoms with van der Waals surface area (Å²) in [4.78, 5) is 28.3. The summed E-state index contributed by atoms with van der Waals surface area (Å²) in [5.41, 5.74) is 0.986. The Morgan fingerprint density at radius 2 is 1.18 bits per heavy atom. The van der Waals surface area contributed by atoms with Crippen molar-refractivity contribution in [3.63, 3.8) is 0 Å². The van der Waals surface area contributed by atoms with Gasteiger partial charge in [-0.1, -0.05) is 136 Å². The molecule has 5 aromatic carbocycles. The Morgan fingerprint density at radius 1 is 0.702 bits per heavy atom. The minimum Gasteiger partial charge on any atom is -0.497 e. The van der Waals surface area contributed by atoms with Gasteiger partial charge in [-0.2, -0.15) is 0 Å². The molecule has 0 saturated carbocycles. The van der Waals surface area contributed by atoms with Crippen molar-refractivity contribution in [1.82, 2.24) is 9.55 Å². The molecule has 6 aromatic rings. The van der Waals surface area contributed by atoms with Gasteiger partial charge in [0, 0.05) is 18.2 Å². The van der Waals surface area contributed by atoms with Crippen LogP contribution in [0.15, 0.2) is 155 Å². The molecule has 1 N–H and O–H groups in total. The van der Waals surface area contributed by atoms with E-state index in [4.69, 9.17) is 23.4 Å². The minimum absolute atomic E-state index is 0.0867. The predicted molar refractivity (Wildman–Crippen MR) is 225 cm³/mol. The molecule has 0 aliphatic carbocycles. The van der Waals surface area contributed by atoms with E-state index in [2.05, 4.69) is 86.4 Å². The molecular weight excluding hydrogens is 733 g/mol. The van der Waals surface area contributed by atoms with Crippen LogP contribution in [0.25, 0.3) is 0 Å². The number of H-pyrrole nitrogens is 1. The number of ether oxygens (including phenoxy) is 4. The molecule has 2 heterocycles. The van der Waals surface area contributed by atoms with Crippen LogP contribution in [0.3, 0.4) is 0 Å². The molecule has 294 valence electrons. The molecule has 57 heavy (non-hydrogen) atoms. The third-order valence-corrected chi connectivity index (χ3v) is 16.1. The number of hydrogen-bond acceptors (Lipinski definition) is 7. The second kappa shape index (κ2) is 16.5. The molecule has 1 saturated heterocycles. The van der Waals surface area contributed by atoms with Crippen LogP contribution in [-0.4, -0.2) is 50.9 Å². The maximum Gasteiger partial charge on any atom is 0.330 e. The summed E-state index contributed by atoms with van der Waals surface area (Å²) in [7, 11) is 0.178. The van der Waals surface area contributed by atoms with E-state index in [1.807, 2.05) is 78.9 Å². The van der Waals surface area contributed by atoms with Crippen molar-refractivity contribution in [1.29, 1.82) is 0 Å². The van der Waals surface area contributed by atoms with Crippen LogP contribution in [0.1, 0.15) is 55.7 Å². The number of aromatic amines is 1. The summed E-state index contributed by atoms with van der Waals surface area (Å²) in [6, 6.07) is 46.8. The summed E-state index contributed by atoms with van der Waals surface area (Å²) < 4.78 is 34.7. The average Bonchev–Trinajstić information content (AvgIpc) is 3.64. The van der Waals surface area contributed by atoms with Gasteiger partial charge in [-0.3, -0.25) is 14.3 Å². The number of rotatable bonds is 13. The Morgan fingerprint density at radius 3 is 1.65 bits per heavy atom. The molecule has 1 aromatic heterocycles. The van der Waals surface area contributed by atoms with E-state index in [0.29, 0.717) is 12.0 Å². The lowest BCUT2D eigenvalue weighted by Gasteiger charge is -2.45. The Labute approximate surface area is 334 Å². The van der Waals surface area contributed by atoms with Gasteiger partial charge in [-0.05, 0) is 63.3 Å². The van der Waals surface area contributed by atoms with Gasteiger partial charge in [0.15, 0.2) is 0 Å². The molecule has 0 amide bonds. The highest BCUT2D eigenvalue weighted by molar-refractivity contribution is 6.99. The van der Waals surface area contributed by atoms with E-state index in [9.17, 15) is 9.59 Å². The van der Waals surface area contributed by atoms with Gasteiger partial charge in [-0.25, -0.2) is 4.79 Å². The molecule has 3 atom stereocenters. The van der Waals surface area contributed by atoms with Gasteiger partial charge in [-0.15, -0.1) is 0 Å². The number of hydrogen-bond donors (Lipinski definition) is 1. The number of methoxy groups -OCH3 is 2. The van der Waals surface area contributed by atoms with Crippen LogP contribution in [0.4, 0.5) is 0 Å². The normalized spacial score (nSPS) is 17.3. The Kier molecular flexibility index (Phi) is 11.5. The Balaban J connectivity index is 1.38. The van der Waals surface area contributed by atoms with Gasteiger partial charge >= 0.3 is 5.69 Å². The maximum absolute atomic E-state index is 13.4. The lowest BCUT2D eigenvalue weighted by atomic mass is 9.80. The highest BCUT2D eigenvalue weighted by Crippen LogP contribution is 2.45.